The second-order valence-corrected chi connectivity index (χ2v) is 6.85. The molecule has 0 radical (unpaired) electrons. The molecule has 2 unspecified atom stereocenters. The number of carbonyl (C=O) groups excluding carboxylic acids is 1. The number of rotatable bonds is 3. The first kappa shape index (κ1) is 12.6. The number of nitrogens with one attached hydrogen (secondary N) is 1. The van der Waals surface area contributed by atoms with Gasteiger partial charge in [0.25, 0.3) is 0 Å². The maximum absolute atomic E-state index is 12.1. The number of hydrogen-bond donors (Lipinski definition) is 1. The third-order valence-electron chi connectivity index (χ3n) is 3.09. The van der Waals surface area contributed by atoms with Crippen LogP contribution in [0.2, 0.25) is 0 Å². The van der Waals surface area contributed by atoms with Crippen LogP contribution in [0.1, 0.15) is 20.3 Å². The van der Waals surface area contributed by atoms with Crippen LogP contribution in [0.5, 0.6) is 0 Å². The SMILES string of the molecule is CC(C)NC1CCN(C2C=CS(=O)(=O)C2)C1=O. The molecule has 1 N–H and O–H groups in total. The number of carbonyl (C=O) groups is 1. The molecule has 1 fully saturated rings. The predicted octanol–water partition coefficient (Wildman–Crippen LogP) is -0.104. The highest BCUT2D eigenvalue weighted by molar-refractivity contribution is 7.94. The average molecular weight is 258 g/mol. The van der Waals surface area contributed by atoms with E-state index in [1.54, 1.807) is 11.0 Å². The third kappa shape index (κ3) is 2.69. The molecule has 1 amide bonds. The van der Waals surface area contributed by atoms with Crippen LogP contribution in [-0.2, 0) is 14.6 Å². The van der Waals surface area contributed by atoms with Crippen molar-refractivity contribution in [3.63, 3.8) is 0 Å². The van der Waals surface area contributed by atoms with Crippen molar-refractivity contribution in [3.8, 4) is 0 Å². The van der Waals surface area contributed by atoms with Crippen LogP contribution < -0.4 is 5.32 Å². The smallest absolute Gasteiger partial charge is 0.240 e. The zero-order valence-electron chi connectivity index (χ0n) is 10.1. The van der Waals surface area contributed by atoms with Gasteiger partial charge < -0.3 is 10.2 Å². The summed E-state index contributed by atoms with van der Waals surface area (Å²) >= 11 is 0. The molecule has 0 aromatic heterocycles. The minimum Gasteiger partial charge on any atom is -0.334 e. The molecule has 0 bridgehead atoms. The topological polar surface area (TPSA) is 66.5 Å². The van der Waals surface area contributed by atoms with E-state index in [9.17, 15) is 13.2 Å². The Morgan fingerprint density at radius 2 is 2.18 bits per heavy atom. The monoisotopic (exact) mass is 258 g/mol. The lowest BCUT2D eigenvalue weighted by Crippen LogP contribution is -2.45. The summed E-state index contributed by atoms with van der Waals surface area (Å²) in [6, 6.07) is -0.176. The van der Waals surface area contributed by atoms with Gasteiger partial charge in [0, 0.05) is 18.0 Å². The molecule has 2 aliphatic rings. The molecular formula is C11H18N2O3S. The number of sulfone groups is 1. The number of hydrogen-bond acceptors (Lipinski definition) is 4. The van der Waals surface area contributed by atoms with E-state index < -0.39 is 9.84 Å². The van der Waals surface area contributed by atoms with Gasteiger partial charge in [-0.05, 0) is 12.5 Å². The van der Waals surface area contributed by atoms with Gasteiger partial charge in [-0.15, -0.1) is 0 Å². The Morgan fingerprint density at radius 3 is 2.71 bits per heavy atom. The molecule has 0 spiro atoms. The van der Waals surface area contributed by atoms with Crippen LogP contribution in [0.3, 0.4) is 0 Å². The number of nitrogens with zero attached hydrogens (tertiary/aromatic N) is 1. The summed E-state index contributed by atoms with van der Waals surface area (Å²) < 4.78 is 22.6. The van der Waals surface area contributed by atoms with E-state index in [4.69, 9.17) is 0 Å². The highest BCUT2D eigenvalue weighted by Crippen LogP contribution is 2.21. The minimum atomic E-state index is -3.09. The van der Waals surface area contributed by atoms with Crippen molar-refractivity contribution in [1.82, 2.24) is 10.2 Å². The van der Waals surface area contributed by atoms with E-state index in [-0.39, 0.29) is 29.8 Å². The fraction of sp³-hybridized carbons (Fsp3) is 0.727. The van der Waals surface area contributed by atoms with Crippen molar-refractivity contribution >= 4 is 15.7 Å². The first-order valence-electron chi connectivity index (χ1n) is 5.86. The molecule has 2 atom stereocenters. The van der Waals surface area contributed by atoms with E-state index in [1.165, 1.54) is 5.41 Å². The Kier molecular flexibility index (Phi) is 3.27. The Bertz CT molecular complexity index is 442. The summed E-state index contributed by atoms with van der Waals surface area (Å²) in [5, 5.41) is 4.42. The van der Waals surface area contributed by atoms with Crippen molar-refractivity contribution in [2.75, 3.05) is 12.3 Å². The summed E-state index contributed by atoms with van der Waals surface area (Å²) in [4.78, 5) is 13.7. The Labute approximate surface area is 102 Å². The van der Waals surface area contributed by atoms with E-state index in [1.807, 2.05) is 13.8 Å². The quantitative estimate of drug-likeness (QED) is 0.767. The van der Waals surface area contributed by atoms with Crippen LogP contribution in [0.15, 0.2) is 11.5 Å². The fourth-order valence-corrected chi connectivity index (χ4v) is 3.64. The summed E-state index contributed by atoms with van der Waals surface area (Å²) in [5.74, 6) is 0.0538. The molecule has 2 rings (SSSR count). The van der Waals surface area contributed by atoms with E-state index in [2.05, 4.69) is 5.32 Å². The van der Waals surface area contributed by atoms with Gasteiger partial charge in [0.15, 0.2) is 9.84 Å². The molecule has 0 saturated carbocycles. The zero-order valence-corrected chi connectivity index (χ0v) is 10.9. The Balaban J connectivity index is 2.02. The van der Waals surface area contributed by atoms with Crippen molar-refractivity contribution in [1.29, 1.82) is 0 Å². The van der Waals surface area contributed by atoms with Crippen molar-refractivity contribution in [3.05, 3.63) is 11.5 Å². The summed E-state index contributed by atoms with van der Waals surface area (Å²) in [7, 11) is -3.09. The molecule has 1 saturated heterocycles. The van der Waals surface area contributed by atoms with Crippen molar-refractivity contribution in [2.45, 2.75) is 38.4 Å². The first-order chi connectivity index (χ1) is 7.89. The van der Waals surface area contributed by atoms with E-state index in [0.717, 1.165) is 6.42 Å². The summed E-state index contributed by atoms with van der Waals surface area (Å²) in [5.41, 5.74) is 0. The summed E-state index contributed by atoms with van der Waals surface area (Å²) in [6.07, 6.45) is 2.37. The van der Waals surface area contributed by atoms with Gasteiger partial charge in [0.1, 0.15) is 0 Å². The van der Waals surface area contributed by atoms with Gasteiger partial charge in [-0.3, -0.25) is 4.79 Å². The predicted molar refractivity (Wildman–Crippen MR) is 65.1 cm³/mol. The lowest BCUT2D eigenvalue weighted by Gasteiger charge is -2.22. The third-order valence-corrected chi connectivity index (χ3v) is 4.46. The van der Waals surface area contributed by atoms with Gasteiger partial charge in [-0.2, -0.15) is 0 Å². The molecule has 0 aliphatic carbocycles. The normalized spacial score (nSPS) is 31.7. The van der Waals surface area contributed by atoms with Crippen LogP contribution in [0.25, 0.3) is 0 Å². The standard InChI is InChI=1S/C11H18N2O3S/c1-8(2)12-10-3-5-13(11(10)14)9-4-6-17(15,16)7-9/h4,6,8-10,12H,3,5,7H2,1-2H3. The molecule has 5 nitrogen and oxygen atoms in total. The number of likely N-dealkylation sites (tertiary alicyclic amines) is 1. The van der Waals surface area contributed by atoms with Gasteiger partial charge in [0.05, 0.1) is 17.8 Å². The maximum atomic E-state index is 12.1. The fourth-order valence-electron chi connectivity index (χ4n) is 2.34. The average Bonchev–Trinajstić information content (AvgIpc) is 2.71. The second-order valence-electron chi connectivity index (χ2n) is 4.92. The Morgan fingerprint density at radius 1 is 1.47 bits per heavy atom. The summed E-state index contributed by atoms with van der Waals surface area (Å²) in [6.45, 7) is 4.62. The molecular weight excluding hydrogens is 240 g/mol. The van der Waals surface area contributed by atoms with Gasteiger partial charge in [0.2, 0.25) is 5.91 Å². The highest BCUT2D eigenvalue weighted by Gasteiger charge is 2.38. The van der Waals surface area contributed by atoms with Gasteiger partial charge >= 0.3 is 0 Å². The molecule has 2 heterocycles. The molecule has 96 valence electrons. The second kappa shape index (κ2) is 4.42. The largest absolute Gasteiger partial charge is 0.334 e. The van der Waals surface area contributed by atoms with Crippen LogP contribution in [-0.4, -0.2) is 49.6 Å². The van der Waals surface area contributed by atoms with Crippen LogP contribution in [0, 0.1) is 0 Å². The molecule has 0 aromatic rings. The Hall–Kier alpha value is -0.880. The zero-order chi connectivity index (χ0) is 12.6. The van der Waals surface area contributed by atoms with Crippen LogP contribution >= 0.6 is 0 Å². The molecule has 2 aliphatic heterocycles. The number of amides is 1. The maximum Gasteiger partial charge on any atom is 0.240 e. The lowest BCUT2D eigenvalue weighted by atomic mass is 10.2. The molecule has 17 heavy (non-hydrogen) atoms. The minimum absolute atomic E-state index is 0.0189. The lowest BCUT2D eigenvalue weighted by molar-refractivity contribution is -0.130. The molecule has 6 heteroatoms. The van der Waals surface area contributed by atoms with Crippen LogP contribution in [0.4, 0.5) is 0 Å². The van der Waals surface area contributed by atoms with Gasteiger partial charge in [-0.25, -0.2) is 8.42 Å². The molecule has 0 aromatic carbocycles. The van der Waals surface area contributed by atoms with Crippen molar-refractivity contribution in [2.24, 2.45) is 0 Å². The van der Waals surface area contributed by atoms with Crippen molar-refractivity contribution < 1.29 is 13.2 Å². The first-order valence-corrected chi connectivity index (χ1v) is 7.58. The van der Waals surface area contributed by atoms with E-state index in [0.29, 0.717) is 6.54 Å². The van der Waals surface area contributed by atoms with E-state index >= 15 is 0 Å². The highest BCUT2D eigenvalue weighted by atomic mass is 32.2. The van der Waals surface area contributed by atoms with Gasteiger partial charge in [-0.1, -0.05) is 13.8 Å².